The molecule has 0 heterocycles. The van der Waals surface area contributed by atoms with Crippen molar-refractivity contribution < 1.29 is 14.3 Å². The third kappa shape index (κ3) is 6.13. The molecule has 1 unspecified atom stereocenters. The monoisotopic (exact) mass is 187 g/mol. The first kappa shape index (κ1) is 11.9. The van der Waals surface area contributed by atoms with Crippen LogP contribution in [0.4, 0.5) is 0 Å². The molecule has 1 atom stereocenters. The topological polar surface area (TPSA) is 55.4 Å². The largest absolute Gasteiger partial charge is 0.466 e. The second-order valence-electron chi connectivity index (χ2n) is 2.81. The lowest BCUT2D eigenvalue weighted by Gasteiger charge is -2.14. The molecule has 0 aliphatic carbocycles. The fraction of sp³-hybridized carbons (Fsp3) is 0.778. The highest BCUT2D eigenvalue weighted by molar-refractivity contribution is 5.75. The Morgan fingerprint density at radius 2 is 2.00 bits per heavy atom. The molecule has 0 rings (SSSR count). The second-order valence-corrected chi connectivity index (χ2v) is 2.81. The van der Waals surface area contributed by atoms with Crippen LogP contribution in [-0.4, -0.2) is 24.5 Å². The maximum atomic E-state index is 11.0. The van der Waals surface area contributed by atoms with Gasteiger partial charge in [0.05, 0.1) is 13.0 Å². The molecule has 1 amide bonds. The molecule has 13 heavy (non-hydrogen) atoms. The fourth-order valence-corrected chi connectivity index (χ4v) is 1.01. The van der Waals surface area contributed by atoms with Gasteiger partial charge in [0.2, 0.25) is 5.91 Å². The van der Waals surface area contributed by atoms with E-state index in [0.717, 1.165) is 6.42 Å². The normalized spacial score (nSPS) is 11.9. The quantitative estimate of drug-likeness (QED) is 0.649. The summed E-state index contributed by atoms with van der Waals surface area (Å²) >= 11 is 0. The first-order chi connectivity index (χ1) is 6.10. The number of carbonyl (C=O) groups is 2. The van der Waals surface area contributed by atoms with E-state index in [9.17, 15) is 9.59 Å². The summed E-state index contributed by atoms with van der Waals surface area (Å²) in [4.78, 5) is 21.7. The molecule has 0 fully saturated rings. The molecule has 0 bridgehead atoms. The average molecular weight is 187 g/mol. The predicted octanol–water partition coefficient (Wildman–Crippen LogP) is 0.854. The molecule has 0 aromatic rings. The van der Waals surface area contributed by atoms with Gasteiger partial charge in [-0.05, 0) is 13.3 Å². The van der Waals surface area contributed by atoms with Crippen molar-refractivity contribution in [3.8, 4) is 0 Å². The lowest BCUT2D eigenvalue weighted by molar-refractivity contribution is -0.143. The van der Waals surface area contributed by atoms with Crippen molar-refractivity contribution in [2.75, 3.05) is 6.61 Å². The van der Waals surface area contributed by atoms with E-state index < -0.39 is 0 Å². The fourth-order valence-electron chi connectivity index (χ4n) is 1.01. The van der Waals surface area contributed by atoms with Gasteiger partial charge in [-0.1, -0.05) is 6.92 Å². The highest BCUT2D eigenvalue weighted by Gasteiger charge is 2.12. The highest BCUT2D eigenvalue weighted by atomic mass is 16.5. The Hall–Kier alpha value is -1.06. The Balaban J connectivity index is 3.83. The van der Waals surface area contributed by atoms with Crippen LogP contribution in [0, 0.1) is 0 Å². The SMILES string of the molecule is CCOC(=O)CC(CC)NC(C)=O. The van der Waals surface area contributed by atoms with E-state index >= 15 is 0 Å². The van der Waals surface area contributed by atoms with Crippen LogP contribution in [0.15, 0.2) is 0 Å². The Morgan fingerprint density at radius 3 is 2.38 bits per heavy atom. The van der Waals surface area contributed by atoms with Crippen LogP contribution in [-0.2, 0) is 14.3 Å². The first-order valence-electron chi connectivity index (χ1n) is 4.52. The molecule has 0 aromatic heterocycles. The molecule has 0 aliphatic heterocycles. The number of esters is 1. The number of hydrogen-bond donors (Lipinski definition) is 1. The molecule has 1 N–H and O–H groups in total. The summed E-state index contributed by atoms with van der Waals surface area (Å²) in [6.45, 7) is 5.50. The van der Waals surface area contributed by atoms with Gasteiger partial charge in [0.25, 0.3) is 0 Å². The summed E-state index contributed by atoms with van der Waals surface area (Å²) in [7, 11) is 0. The third-order valence-corrected chi connectivity index (χ3v) is 1.62. The van der Waals surface area contributed by atoms with Crippen molar-refractivity contribution in [3.05, 3.63) is 0 Å². The van der Waals surface area contributed by atoms with Gasteiger partial charge in [0.1, 0.15) is 0 Å². The van der Waals surface area contributed by atoms with E-state index in [1.807, 2.05) is 6.92 Å². The summed E-state index contributed by atoms with van der Waals surface area (Å²) < 4.78 is 4.77. The van der Waals surface area contributed by atoms with E-state index in [0.29, 0.717) is 6.61 Å². The molecule has 0 saturated carbocycles. The Bertz CT molecular complexity index is 180. The zero-order valence-corrected chi connectivity index (χ0v) is 8.42. The number of amides is 1. The number of nitrogens with one attached hydrogen (secondary N) is 1. The van der Waals surface area contributed by atoms with E-state index in [1.54, 1.807) is 6.92 Å². The summed E-state index contributed by atoms with van der Waals surface area (Å²) in [5.74, 6) is -0.376. The number of ether oxygens (including phenoxy) is 1. The highest BCUT2D eigenvalue weighted by Crippen LogP contribution is 1.99. The molecule has 4 heteroatoms. The van der Waals surface area contributed by atoms with Crippen molar-refractivity contribution in [2.45, 2.75) is 39.7 Å². The summed E-state index contributed by atoms with van der Waals surface area (Å²) in [6.07, 6.45) is 0.988. The van der Waals surface area contributed by atoms with Crippen LogP contribution in [0.3, 0.4) is 0 Å². The Morgan fingerprint density at radius 1 is 1.38 bits per heavy atom. The van der Waals surface area contributed by atoms with Crippen LogP contribution in [0.2, 0.25) is 0 Å². The Kier molecular flexibility index (Phi) is 5.93. The van der Waals surface area contributed by atoms with E-state index in [-0.39, 0.29) is 24.3 Å². The minimum absolute atomic E-state index is 0.100. The summed E-state index contributed by atoms with van der Waals surface area (Å²) in [5, 5.41) is 2.68. The van der Waals surface area contributed by atoms with Crippen molar-refractivity contribution in [1.82, 2.24) is 5.32 Å². The van der Waals surface area contributed by atoms with Crippen LogP contribution >= 0.6 is 0 Å². The molecule has 4 nitrogen and oxygen atoms in total. The van der Waals surface area contributed by atoms with Gasteiger partial charge in [0, 0.05) is 13.0 Å². The predicted molar refractivity (Wildman–Crippen MR) is 49.1 cm³/mol. The smallest absolute Gasteiger partial charge is 0.307 e. The van der Waals surface area contributed by atoms with Crippen LogP contribution in [0.25, 0.3) is 0 Å². The molecule has 76 valence electrons. The summed E-state index contributed by atoms with van der Waals surface area (Å²) in [6, 6.07) is -0.100. The van der Waals surface area contributed by atoms with Crippen molar-refractivity contribution >= 4 is 11.9 Å². The van der Waals surface area contributed by atoms with Gasteiger partial charge in [0.15, 0.2) is 0 Å². The maximum Gasteiger partial charge on any atom is 0.307 e. The van der Waals surface area contributed by atoms with Gasteiger partial charge < -0.3 is 10.1 Å². The summed E-state index contributed by atoms with van der Waals surface area (Å²) in [5.41, 5.74) is 0. The molecule has 0 radical (unpaired) electrons. The number of hydrogen-bond acceptors (Lipinski definition) is 3. The van der Waals surface area contributed by atoms with E-state index in [1.165, 1.54) is 6.92 Å². The molecular weight excluding hydrogens is 170 g/mol. The molecule has 0 spiro atoms. The van der Waals surface area contributed by atoms with Gasteiger partial charge >= 0.3 is 5.97 Å². The minimum Gasteiger partial charge on any atom is -0.466 e. The van der Waals surface area contributed by atoms with E-state index in [2.05, 4.69) is 5.32 Å². The second kappa shape index (κ2) is 6.46. The van der Waals surface area contributed by atoms with Crippen LogP contribution in [0.5, 0.6) is 0 Å². The molecule has 0 saturated heterocycles. The third-order valence-electron chi connectivity index (χ3n) is 1.62. The van der Waals surface area contributed by atoms with Crippen LogP contribution < -0.4 is 5.32 Å². The number of carbonyl (C=O) groups excluding carboxylic acids is 2. The standard InChI is InChI=1S/C9H17NO3/c1-4-8(10-7(3)11)6-9(12)13-5-2/h8H,4-6H2,1-3H3,(H,10,11). The van der Waals surface area contributed by atoms with Gasteiger partial charge in [-0.25, -0.2) is 0 Å². The Labute approximate surface area is 78.6 Å². The van der Waals surface area contributed by atoms with Crippen LogP contribution in [0.1, 0.15) is 33.6 Å². The zero-order valence-electron chi connectivity index (χ0n) is 8.42. The number of rotatable bonds is 5. The van der Waals surface area contributed by atoms with Crippen molar-refractivity contribution in [1.29, 1.82) is 0 Å². The molecule has 0 aliphatic rings. The molecule has 0 aromatic carbocycles. The lowest BCUT2D eigenvalue weighted by Crippen LogP contribution is -2.34. The zero-order chi connectivity index (χ0) is 10.3. The lowest BCUT2D eigenvalue weighted by atomic mass is 10.1. The van der Waals surface area contributed by atoms with Crippen molar-refractivity contribution in [3.63, 3.8) is 0 Å². The van der Waals surface area contributed by atoms with E-state index in [4.69, 9.17) is 4.74 Å². The maximum absolute atomic E-state index is 11.0. The van der Waals surface area contributed by atoms with Gasteiger partial charge in [-0.3, -0.25) is 9.59 Å². The average Bonchev–Trinajstić information content (AvgIpc) is 2.02. The minimum atomic E-state index is -0.261. The first-order valence-corrected chi connectivity index (χ1v) is 4.52. The van der Waals surface area contributed by atoms with Gasteiger partial charge in [-0.15, -0.1) is 0 Å². The van der Waals surface area contributed by atoms with Crippen molar-refractivity contribution in [2.24, 2.45) is 0 Å². The molecular formula is C9H17NO3. The van der Waals surface area contributed by atoms with Gasteiger partial charge in [-0.2, -0.15) is 0 Å².